The minimum atomic E-state index is -0.380. The molecule has 15 heavy (non-hydrogen) atoms. The largest absolute Gasteiger partial charge is 0.338 e. The average molecular weight is 212 g/mol. The molecular weight excluding hydrogens is 188 g/mol. The van der Waals surface area contributed by atoms with Gasteiger partial charge in [-0.2, -0.15) is 0 Å². The molecule has 3 heteroatoms. The van der Waals surface area contributed by atoms with E-state index in [1.165, 1.54) is 0 Å². The van der Waals surface area contributed by atoms with Crippen LogP contribution in [-0.4, -0.2) is 29.9 Å². The van der Waals surface area contributed by atoms with E-state index in [4.69, 9.17) is 5.73 Å². The van der Waals surface area contributed by atoms with Crippen molar-refractivity contribution in [3.63, 3.8) is 0 Å². The summed E-state index contributed by atoms with van der Waals surface area (Å²) in [4.78, 5) is 13.7. The fourth-order valence-corrected chi connectivity index (χ4v) is 1.38. The number of rotatable bonds is 6. The van der Waals surface area contributed by atoms with Crippen molar-refractivity contribution in [2.75, 3.05) is 13.1 Å². The number of carbonyl (C=O) groups is 1. The summed E-state index contributed by atoms with van der Waals surface area (Å²) >= 11 is 0. The molecule has 2 atom stereocenters. The molecule has 0 aromatic heterocycles. The van der Waals surface area contributed by atoms with Gasteiger partial charge in [0.1, 0.15) is 0 Å². The van der Waals surface area contributed by atoms with Gasteiger partial charge >= 0.3 is 0 Å². The lowest BCUT2D eigenvalue weighted by molar-refractivity contribution is -0.133. The van der Waals surface area contributed by atoms with Crippen molar-refractivity contribution in [3.8, 4) is 0 Å². The van der Waals surface area contributed by atoms with Crippen molar-refractivity contribution < 1.29 is 4.79 Å². The molecule has 0 aliphatic carbocycles. The van der Waals surface area contributed by atoms with Crippen LogP contribution in [0.15, 0.2) is 12.2 Å². The molecule has 0 heterocycles. The lowest BCUT2D eigenvalue weighted by Crippen LogP contribution is -2.47. The molecule has 2 N–H and O–H groups in total. The maximum absolute atomic E-state index is 12.0. The van der Waals surface area contributed by atoms with Crippen LogP contribution < -0.4 is 5.73 Å². The normalized spacial score (nSPS) is 14.5. The molecule has 0 aromatic carbocycles. The van der Waals surface area contributed by atoms with E-state index >= 15 is 0 Å². The lowest BCUT2D eigenvalue weighted by Gasteiger charge is -2.27. The quantitative estimate of drug-likeness (QED) is 0.682. The lowest BCUT2D eigenvalue weighted by atomic mass is 9.99. The van der Waals surface area contributed by atoms with Gasteiger partial charge in [0, 0.05) is 13.1 Å². The van der Waals surface area contributed by atoms with Crippen molar-refractivity contribution in [3.05, 3.63) is 12.2 Å². The Balaban J connectivity index is 4.43. The topological polar surface area (TPSA) is 46.3 Å². The van der Waals surface area contributed by atoms with Gasteiger partial charge in [-0.15, -0.1) is 0 Å². The highest BCUT2D eigenvalue weighted by atomic mass is 16.2. The third-order valence-electron chi connectivity index (χ3n) is 2.70. The Morgan fingerprint density at radius 1 is 1.47 bits per heavy atom. The average Bonchev–Trinajstić information content (AvgIpc) is 2.22. The molecule has 0 radical (unpaired) electrons. The van der Waals surface area contributed by atoms with E-state index in [2.05, 4.69) is 6.58 Å². The molecule has 0 saturated heterocycles. The van der Waals surface area contributed by atoms with E-state index in [1.807, 2.05) is 27.7 Å². The second-order valence-corrected chi connectivity index (χ2v) is 4.22. The number of hydrogen-bond donors (Lipinski definition) is 1. The van der Waals surface area contributed by atoms with Gasteiger partial charge in [0.2, 0.25) is 5.91 Å². The standard InChI is InChI=1S/C12H24N2O/c1-6-10(5)11(13)12(15)14(7-2)8-9(3)4/h10-11H,3,6-8,13H2,1-2,4-5H3/t10-,11-/m0/s1. The number of carbonyl (C=O) groups excluding carboxylic acids is 1. The summed E-state index contributed by atoms with van der Waals surface area (Å²) in [6, 6.07) is -0.380. The van der Waals surface area contributed by atoms with Crippen molar-refractivity contribution in [2.45, 2.75) is 40.2 Å². The molecule has 0 fully saturated rings. The predicted molar refractivity (Wildman–Crippen MR) is 64.5 cm³/mol. The Labute approximate surface area is 93.3 Å². The summed E-state index contributed by atoms with van der Waals surface area (Å²) in [7, 11) is 0. The van der Waals surface area contributed by atoms with E-state index < -0.39 is 0 Å². The zero-order chi connectivity index (χ0) is 12.0. The van der Waals surface area contributed by atoms with E-state index in [-0.39, 0.29) is 17.9 Å². The fourth-order valence-electron chi connectivity index (χ4n) is 1.38. The first kappa shape index (κ1) is 14.2. The monoisotopic (exact) mass is 212 g/mol. The number of nitrogens with two attached hydrogens (primary N) is 1. The van der Waals surface area contributed by atoms with Gasteiger partial charge in [0.05, 0.1) is 6.04 Å². The highest BCUT2D eigenvalue weighted by Gasteiger charge is 2.23. The maximum Gasteiger partial charge on any atom is 0.240 e. The van der Waals surface area contributed by atoms with E-state index in [0.29, 0.717) is 13.1 Å². The summed E-state index contributed by atoms with van der Waals surface area (Å²) in [6.45, 7) is 13.1. The smallest absolute Gasteiger partial charge is 0.240 e. The number of likely N-dealkylation sites (N-methyl/N-ethyl adjacent to an activating group) is 1. The Hall–Kier alpha value is -0.830. The van der Waals surface area contributed by atoms with E-state index in [1.54, 1.807) is 4.90 Å². The van der Waals surface area contributed by atoms with Crippen LogP contribution in [0.2, 0.25) is 0 Å². The SMILES string of the molecule is C=C(C)CN(CC)C(=O)[C@@H](N)[C@@H](C)CC. The first-order chi connectivity index (χ1) is 6.93. The van der Waals surface area contributed by atoms with Gasteiger partial charge in [-0.05, 0) is 19.8 Å². The molecule has 0 aliphatic heterocycles. The second kappa shape index (κ2) is 6.62. The van der Waals surface area contributed by atoms with Gasteiger partial charge in [0.15, 0.2) is 0 Å². The van der Waals surface area contributed by atoms with Crippen LogP contribution in [0, 0.1) is 5.92 Å². The first-order valence-corrected chi connectivity index (χ1v) is 5.62. The Kier molecular flexibility index (Phi) is 6.25. The second-order valence-electron chi connectivity index (χ2n) is 4.22. The van der Waals surface area contributed by atoms with Crippen LogP contribution in [0.4, 0.5) is 0 Å². The maximum atomic E-state index is 12.0. The van der Waals surface area contributed by atoms with Crippen molar-refractivity contribution in [1.29, 1.82) is 0 Å². The third kappa shape index (κ3) is 4.47. The molecule has 0 spiro atoms. The molecule has 0 aliphatic rings. The number of nitrogens with zero attached hydrogens (tertiary/aromatic N) is 1. The molecule has 0 unspecified atom stereocenters. The van der Waals surface area contributed by atoms with Crippen LogP contribution >= 0.6 is 0 Å². The zero-order valence-electron chi connectivity index (χ0n) is 10.4. The van der Waals surface area contributed by atoms with Gasteiger partial charge in [0.25, 0.3) is 0 Å². The fraction of sp³-hybridized carbons (Fsp3) is 0.750. The molecule has 1 amide bonds. The van der Waals surface area contributed by atoms with Crippen molar-refractivity contribution >= 4 is 5.91 Å². The Bertz CT molecular complexity index is 226. The molecule has 3 nitrogen and oxygen atoms in total. The van der Waals surface area contributed by atoms with Gasteiger partial charge in [-0.25, -0.2) is 0 Å². The van der Waals surface area contributed by atoms with Crippen LogP contribution in [0.5, 0.6) is 0 Å². The molecule has 0 saturated carbocycles. The van der Waals surface area contributed by atoms with Crippen LogP contribution in [-0.2, 0) is 4.79 Å². The Morgan fingerprint density at radius 2 is 2.00 bits per heavy atom. The predicted octanol–water partition coefficient (Wildman–Crippen LogP) is 1.78. The highest BCUT2D eigenvalue weighted by molar-refractivity contribution is 5.82. The number of amides is 1. The zero-order valence-corrected chi connectivity index (χ0v) is 10.4. The minimum Gasteiger partial charge on any atom is -0.338 e. The molecule has 88 valence electrons. The first-order valence-electron chi connectivity index (χ1n) is 5.62. The summed E-state index contributed by atoms with van der Waals surface area (Å²) < 4.78 is 0. The van der Waals surface area contributed by atoms with Crippen LogP contribution in [0.25, 0.3) is 0 Å². The molecule has 0 rings (SSSR count). The van der Waals surface area contributed by atoms with Crippen LogP contribution in [0.3, 0.4) is 0 Å². The highest BCUT2D eigenvalue weighted by Crippen LogP contribution is 2.09. The molecular formula is C12H24N2O. The van der Waals surface area contributed by atoms with Gasteiger partial charge < -0.3 is 10.6 Å². The third-order valence-corrected chi connectivity index (χ3v) is 2.70. The van der Waals surface area contributed by atoms with Gasteiger partial charge in [-0.1, -0.05) is 32.4 Å². The van der Waals surface area contributed by atoms with Crippen molar-refractivity contribution in [1.82, 2.24) is 4.90 Å². The minimum absolute atomic E-state index is 0.0369. The van der Waals surface area contributed by atoms with Crippen LogP contribution in [0.1, 0.15) is 34.1 Å². The number of hydrogen-bond acceptors (Lipinski definition) is 2. The van der Waals surface area contributed by atoms with E-state index in [0.717, 1.165) is 12.0 Å². The summed E-state index contributed by atoms with van der Waals surface area (Å²) in [6.07, 6.45) is 0.928. The van der Waals surface area contributed by atoms with Crippen molar-refractivity contribution in [2.24, 2.45) is 11.7 Å². The Morgan fingerprint density at radius 3 is 2.33 bits per heavy atom. The summed E-state index contributed by atoms with van der Waals surface area (Å²) in [5.74, 6) is 0.270. The molecule has 0 bridgehead atoms. The molecule has 0 aromatic rings. The summed E-state index contributed by atoms with van der Waals surface area (Å²) in [5, 5.41) is 0. The van der Waals surface area contributed by atoms with E-state index in [9.17, 15) is 4.79 Å². The van der Waals surface area contributed by atoms with Gasteiger partial charge in [-0.3, -0.25) is 4.79 Å². The summed E-state index contributed by atoms with van der Waals surface area (Å²) in [5.41, 5.74) is 6.89.